The molecule has 1 aromatic heterocycles. The number of rotatable bonds is 6. The molecule has 160 valence electrons. The van der Waals surface area contributed by atoms with Gasteiger partial charge >= 0.3 is 0 Å². The lowest BCUT2D eigenvalue weighted by Crippen LogP contribution is -2.43. The Labute approximate surface area is 184 Å². The highest BCUT2D eigenvalue weighted by molar-refractivity contribution is 7.09. The van der Waals surface area contributed by atoms with E-state index in [9.17, 15) is 14.0 Å². The predicted octanol–water partition coefficient (Wildman–Crippen LogP) is 3.31. The van der Waals surface area contributed by atoms with Gasteiger partial charge < -0.3 is 10.6 Å². The molecule has 0 saturated heterocycles. The summed E-state index contributed by atoms with van der Waals surface area (Å²) in [4.78, 5) is 32.9. The number of primary amides is 1. The Bertz CT molecular complexity index is 1150. The maximum absolute atomic E-state index is 13.6. The van der Waals surface area contributed by atoms with Crippen molar-refractivity contribution in [3.63, 3.8) is 0 Å². The minimum absolute atomic E-state index is 0.0173. The number of fused-ring (bicyclic) bond motifs is 1. The van der Waals surface area contributed by atoms with Crippen molar-refractivity contribution in [2.75, 3.05) is 25.0 Å². The number of halogens is 1. The molecule has 8 heteroatoms. The van der Waals surface area contributed by atoms with E-state index in [-0.39, 0.29) is 12.5 Å². The first-order valence-corrected chi connectivity index (χ1v) is 10.8. The summed E-state index contributed by atoms with van der Waals surface area (Å²) in [5, 5.41) is 3.04. The maximum atomic E-state index is 13.6. The highest BCUT2D eigenvalue weighted by atomic mass is 32.1. The van der Waals surface area contributed by atoms with E-state index in [2.05, 4.69) is 11.1 Å². The van der Waals surface area contributed by atoms with Gasteiger partial charge in [0.2, 0.25) is 11.8 Å². The van der Waals surface area contributed by atoms with Gasteiger partial charge in [-0.1, -0.05) is 18.2 Å². The smallest absolute Gasteiger partial charge is 0.241 e. The Hall–Kier alpha value is -3.10. The number of aryl methyl sites for hydroxylation is 1. The van der Waals surface area contributed by atoms with Gasteiger partial charge in [-0.15, -0.1) is 11.3 Å². The molecule has 0 fully saturated rings. The Morgan fingerprint density at radius 2 is 2.10 bits per heavy atom. The Balaban J connectivity index is 1.51. The number of nitrogens with zero attached hydrogens (tertiary/aromatic N) is 3. The van der Waals surface area contributed by atoms with E-state index in [1.54, 1.807) is 34.3 Å². The number of benzene rings is 2. The zero-order valence-corrected chi connectivity index (χ0v) is 18.2. The number of nitrogens with two attached hydrogens (primary N) is 1. The molecule has 0 spiro atoms. The van der Waals surface area contributed by atoms with Crippen LogP contribution in [0.1, 0.15) is 22.2 Å². The van der Waals surface area contributed by atoms with Crippen LogP contribution in [0, 0.1) is 12.7 Å². The van der Waals surface area contributed by atoms with E-state index in [1.165, 1.54) is 18.2 Å². The summed E-state index contributed by atoms with van der Waals surface area (Å²) in [6.07, 6.45) is 0.755. The Morgan fingerprint density at radius 1 is 1.29 bits per heavy atom. The number of hydrogen-bond acceptors (Lipinski definition) is 5. The second-order valence-corrected chi connectivity index (χ2v) is 8.73. The van der Waals surface area contributed by atoms with Crippen molar-refractivity contribution in [2.45, 2.75) is 19.4 Å². The van der Waals surface area contributed by atoms with Crippen LogP contribution >= 0.6 is 11.3 Å². The second-order valence-electron chi connectivity index (χ2n) is 7.67. The molecule has 2 N–H and O–H groups in total. The van der Waals surface area contributed by atoms with E-state index < -0.39 is 17.8 Å². The van der Waals surface area contributed by atoms with Crippen LogP contribution in [0.5, 0.6) is 0 Å². The lowest BCUT2D eigenvalue weighted by Gasteiger charge is -2.27. The van der Waals surface area contributed by atoms with Gasteiger partial charge in [0.1, 0.15) is 11.9 Å². The zero-order chi connectivity index (χ0) is 22.1. The van der Waals surface area contributed by atoms with Gasteiger partial charge in [0, 0.05) is 23.2 Å². The topological polar surface area (TPSA) is 79.5 Å². The molecule has 2 amide bonds. The number of carbonyl (C=O) groups excluding carboxylic acids is 2. The van der Waals surface area contributed by atoms with Crippen LogP contribution < -0.4 is 10.6 Å². The summed E-state index contributed by atoms with van der Waals surface area (Å²) in [7, 11) is 1.64. The molecule has 0 bridgehead atoms. The molecule has 1 atom stereocenters. The molecule has 0 radical (unpaired) electrons. The molecular formula is C23H23FN4O2S. The minimum atomic E-state index is -0.892. The van der Waals surface area contributed by atoms with Crippen LogP contribution in [0.15, 0.2) is 47.8 Å². The lowest BCUT2D eigenvalue weighted by atomic mass is 10.0. The second kappa shape index (κ2) is 8.56. The van der Waals surface area contributed by atoms with E-state index >= 15 is 0 Å². The highest BCUT2D eigenvalue weighted by Gasteiger charge is 2.30. The molecule has 0 saturated carbocycles. The van der Waals surface area contributed by atoms with Gasteiger partial charge in [-0.25, -0.2) is 9.37 Å². The van der Waals surface area contributed by atoms with Gasteiger partial charge in [-0.2, -0.15) is 0 Å². The Kier molecular flexibility index (Phi) is 5.84. The number of amides is 2. The monoisotopic (exact) mass is 438 g/mol. The number of thiazole rings is 1. The summed E-state index contributed by atoms with van der Waals surface area (Å²) in [5.41, 5.74) is 9.93. The average molecular weight is 439 g/mol. The minimum Gasteiger partial charge on any atom is -0.368 e. The normalized spacial score (nSPS) is 14.0. The number of hydrogen-bond donors (Lipinski definition) is 1. The van der Waals surface area contributed by atoms with Crippen molar-refractivity contribution in [1.29, 1.82) is 0 Å². The summed E-state index contributed by atoms with van der Waals surface area (Å²) < 4.78 is 13.6. The molecule has 1 unspecified atom stereocenters. The average Bonchev–Trinajstić information content (AvgIpc) is 3.33. The fourth-order valence-electron chi connectivity index (χ4n) is 4.02. The van der Waals surface area contributed by atoms with E-state index in [0.29, 0.717) is 12.1 Å². The number of anilines is 1. The van der Waals surface area contributed by atoms with Crippen molar-refractivity contribution in [2.24, 2.45) is 5.73 Å². The molecule has 4 rings (SSSR count). The summed E-state index contributed by atoms with van der Waals surface area (Å²) in [5.74, 6) is -1.23. The van der Waals surface area contributed by atoms with Gasteiger partial charge in [0.15, 0.2) is 0 Å². The third kappa shape index (κ3) is 4.35. The quantitative estimate of drug-likeness (QED) is 0.640. The first kappa shape index (κ1) is 21.1. The zero-order valence-electron chi connectivity index (χ0n) is 17.3. The van der Waals surface area contributed by atoms with Crippen molar-refractivity contribution < 1.29 is 14.0 Å². The first-order valence-electron chi connectivity index (χ1n) is 9.94. The number of aromatic nitrogens is 1. The molecule has 6 nitrogen and oxygen atoms in total. The molecule has 1 aliphatic rings. The summed E-state index contributed by atoms with van der Waals surface area (Å²) in [6.45, 7) is 2.53. The van der Waals surface area contributed by atoms with Gasteiger partial charge in [-0.05, 0) is 55.8 Å². The van der Waals surface area contributed by atoms with Crippen LogP contribution in [-0.2, 0) is 16.0 Å². The van der Waals surface area contributed by atoms with E-state index in [4.69, 9.17) is 5.73 Å². The van der Waals surface area contributed by atoms with Crippen molar-refractivity contribution in [3.05, 3.63) is 69.8 Å². The number of carbonyl (C=O) groups is 2. The molecule has 2 aromatic carbocycles. The van der Waals surface area contributed by atoms with Crippen molar-refractivity contribution in [3.8, 4) is 11.3 Å². The first-order chi connectivity index (χ1) is 14.8. The predicted molar refractivity (Wildman–Crippen MR) is 119 cm³/mol. The molecule has 0 aliphatic carbocycles. The van der Waals surface area contributed by atoms with Crippen molar-refractivity contribution in [1.82, 2.24) is 9.88 Å². The number of likely N-dealkylation sites (N-methyl/N-ethyl adjacent to an activating group) is 1. The summed E-state index contributed by atoms with van der Waals surface area (Å²) >= 11 is 1.61. The van der Waals surface area contributed by atoms with Crippen LogP contribution in [0.25, 0.3) is 11.3 Å². The fourth-order valence-corrected chi connectivity index (χ4v) is 4.64. The Morgan fingerprint density at radius 3 is 2.77 bits per heavy atom. The third-order valence-corrected chi connectivity index (χ3v) is 6.22. The molecule has 2 heterocycles. The lowest BCUT2D eigenvalue weighted by molar-refractivity contribution is -0.125. The third-order valence-electron chi connectivity index (χ3n) is 5.45. The van der Waals surface area contributed by atoms with Crippen LogP contribution in [0.2, 0.25) is 0 Å². The van der Waals surface area contributed by atoms with Gasteiger partial charge in [0.25, 0.3) is 0 Å². The maximum Gasteiger partial charge on any atom is 0.241 e. The largest absolute Gasteiger partial charge is 0.368 e. The summed E-state index contributed by atoms with van der Waals surface area (Å²) in [6, 6.07) is 10.8. The van der Waals surface area contributed by atoms with Gasteiger partial charge in [-0.3, -0.25) is 14.5 Å². The standard InChI is InChI=1S/C23H23FN4O2S/c1-14-26-19(13-31-14)15-6-7-20-16(10-15)8-9-28(20)21(29)12-27(2)22(23(25)30)17-4-3-5-18(24)11-17/h3-7,10-11,13,22H,8-9,12H2,1-2H3,(H2,25,30). The molecular weight excluding hydrogens is 415 g/mol. The van der Waals surface area contributed by atoms with E-state index in [0.717, 1.165) is 33.9 Å². The SMILES string of the molecule is Cc1nc(-c2ccc3c(c2)CCN3C(=O)CN(C)C(C(N)=O)c2cccc(F)c2)cs1. The molecule has 1 aliphatic heterocycles. The van der Waals surface area contributed by atoms with E-state index in [1.807, 2.05) is 24.4 Å². The molecule has 3 aromatic rings. The van der Waals surface area contributed by atoms with Crippen LogP contribution in [0.4, 0.5) is 10.1 Å². The van der Waals surface area contributed by atoms with Crippen LogP contribution in [-0.4, -0.2) is 41.8 Å². The fraction of sp³-hybridized carbons (Fsp3) is 0.261. The van der Waals surface area contributed by atoms with Crippen molar-refractivity contribution >= 4 is 28.8 Å². The van der Waals surface area contributed by atoms with Gasteiger partial charge in [0.05, 0.1) is 17.2 Å². The van der Waals surface area contributed by atoms with Crippen LogP contribution in [0.3, 0.4) is 0 Å². The molecule has 31 heavy (non-hydrogen) atoms. The highest BCUT2D eigenvalue weighted by Crippen LogP contribution is 2.33.